The van der Waals surface area contributed by atoms with Crippen LogP contribution in [0.3, 0.4) is 0 Å². The third kappa shape index (κ3) is 3.78. The Labute approximate surface area is 123 Å². The molecule has 21 heavy (non-hydrogen) atoms. The van der Waals surface area contributed by atoms with E-state index in [0.29, 0.717) is 24.2 Å². The first-order valence-electron chi connectivity index (χ1n) is 6.92. The Kier molecular flexibility index (Phi) is 4.52. The summed E-state index contributed by atoms with van der Waals surface area (Å²) in [6.45, 7) is 4.24. The number of nitrogens with two attached hydrogens (primary N) is 1. The van der Waals surface area contributed by atoms with Crippen molar-refractivity contribution in [1.82, 2.24) is 10.3 Å². The molecule has 1 aromatic heterocycles. The Balaban J connectivity index is 2.14. The molecule has 2 aromatic rings. The lowest BCUT2D eigenvalue weighted by atomic mass is 10.1. The third-order valence-corrected chi connectivity index (χ3v) is 3.29. The number of nitrogens with zero attached hydrogens (tertiary/aromatic N) is 1. The number of hydrogen-bond acceptors (Lipinski definition) is 3. The molecule has 110 valence electrons. The summed E-state index contributed by atoms with van der Waals surface area (Å²) in [5.74, 6) is -0.531. The largest absolute Gasteiger partial charge is 0.370 e. The molecule has 0 bridgehead atoms. The second-order valence-corrected chi connectivity index (χ2v) is 5.14. The number of pyridine rings is 1. The van der Waals surface area contributed by atoms with Crippen molar-refractivity contribution in [1.29, 1.82) is 0 Å². The molecule has 0 saturated heterocycles. The predicted octanol–water partition coefficient (Wildman–Crippen LogP) is 1.85. The van der Waals surface area contributed by atoms with Crippen molar-refractivity contribution < 1.29 is 9.59 Å². The number of nitrogens with one attached hydrogen (secondary N) is 1. The summed E-state index contributed by atoms with van der Waals surface area (Å²) in [6, 6.07) is 7.81. The molecular formula is C16H19N3O2. The number of benzene rings is 1. The maximum atomic E-state index is 12.2. The lowest BCUT2D eigenvalue weighted by Crippen LogP contribution is -2.26. The molecular weight excluding hydrogens is 266 g/mol. The van der Waals surface area contributed by atoms with Crippen LogP contribution in [0.1, 0.15) is 34.5 Å². The van der Waals surface area contributed by atoms with Crippen LogP contribution in [0, 0.1) is 13.8 Å². The molecule has 5 heteroatoms. The van der Waals surface area contributed by atoms with Gasteiger partial charge in [-0.3, -0.25) is 14.6 Å². The maximum absolute atomic E-state index is 12.2. The fourth-order valence-electron chi connectivity index (χ4n) is 2.18. The van der Waals surface area contributed by atoms with Gasteiger partial charge in [-0.05, 0) is 38.5 Å². The summed E-state index contributed by atoms with van der Waals surface area (Å²) in [7, 11) is 0. The first kappa shape index (κ1) is 15.0. The number of primary amides is 1. The number of amides is 2. The number of aromatic nitrogens is 1. The van der Waals surface area contributed by atoms with Crippen molar-refractivity contribution in [2.75, 3.05) is 6.54 Å². The third-order valence-electron chi connectivity index (χ3n) is 3.29. The molecule has 3 N–H and O–H groups in total. The van der Waals surface area contributed by atoms with E-state index in [-0.39, 0.29) is 18.2 Å². The van der Waals surface area contributed by atoms with Gasteiger partial charge in [0, 0.05) is 18.4 Å². The average molecular weight is 285 g/mol. The summed E-state index contributed by atoms with van der Waals surface area (Å²) in [6.07, 6.45) is 0.814. The summed E-state index contributed by atoms with van der Waals surface area (Å²) in [5, 5.41) is 3.73. The highest BCUT2D eigenvalue weighted by atomic mass is 16.2. The van der Waals surface area contributed by atoms with Crippen molar-refractivity contribution in [3.8, 4) is 0 Å². The minimum absolute atomic E-state index is 0.173. The number of hydrogen-bond donors (Lipinski definition) is 2. The van der Waals surface area contributed by atoms with Gasteiger partial charge in [0.15, 0.2) is 0 Å². The van der Waals surface area contributed by atoms with Crippen LogP contribution < -0.4 is 11.1 Å². The molecule has 2 amide bonds. The highest BCUT2D eigenvalue weighted by molar-refractivity contribution is 5.98. The zero-order valence-corrected chi connectivity index (χ0v) is 12.3. The Morgan fingerprint density at radius 3 is 2.71 bits per heavy atom. The van der Waals surface area contributed by atoms with Crippen molar-refractivity contribution in [3.05, 3.63) is 41.1 Å². The van der Waals surface area contributed by atoms with Crippen LogP contribution in [0.4, 0.5) is 0 Å². The van der Waals surface area contributed by atoms with Crippen LogP contribution in [-0.2, 0) is 4.79 Å². The van der Waals surface area contributed by atoms with Crippen LogP contribution in [0.2, 0.25) is 0 Å². The summed E-state index contributed by atoms with van der Waals surface area (Å²) in [4.78, 5) is 27.3. The van der Waals surface area contributed by atoms with Crippen LogP contribution in [0.15, 0.2) is 24.3 Å². The van der Waals surface area contributed by atoms with E-state index in [1.54, 1.807) is 0 Å². The van der Waals surface area contributed by atoms with Gasteiger partial charge >= 0.3 is 0 Å². The monoisotopic (exact) mass is 285 g/mol. The second kappa shape index (κ2) is 6.35. The SMILES string of the molecule is Cc1ccc2nc(C)c(C(=O)NCCCC(N)=O)cc2c1. The molecule has 2 rings (SSSR count). The summed E-state index contributed by atoms with van der Waals surface area (Å²) < 4.78 is 0. The van der Waals surface area contributed by atoms with Gasteiger partial charge in [0.25, 0.3) is 5.91 Å². The van der Waals surface area contributed by atoms with E-state index in [2.05, 4.69) is 10.3 Å². The molecule has 0 radical (unpaired) electrons. The Hall–Kier alpha value is -2.43. The van der Waals surface area contributed by atoms with Crippen LogP contribution in [0.5, 0.6) is 0 Å². The fourth-order valence-corrected chi connectivity index (χ4v) is 2.18. The summed E-state index contributed by atoms with van der Waals surface area (Å²) in [5.41, 5.74) is 8.32. The molecule has 0 atom stereocenters. The minimum atomic E-state index is -0.358. The van der Waals surface area contributed by atoms with Gasteiger partial charge in [-0.25, -0.2) is 0 Å². The van der Waals surface area contributed by atoms with Crippen molar-refractivity contribution >= 4 is 22.7 Å². The van der Waals surface area contributed by atoms with Gasteiger partial charge in [0.2, 0.25) is 5.91 Å². The molecule has 0 fully saturated rings. The quantitative estimate of drug-likeness (QED) is 0.822. The maximum Gasteiger partial charge on any atom is 0.253 e. The molecule has 1 aromatic carbocycles. The number of fused-ring (bicyclic) bond motifs is 1. The molecule has 1 heterocycles. The molecule has 0 aliphatic carbocycles. The zero-order chi connectivity index (χ0) is 15.4. The molecule has 0 aliphatic heterocycles. The van der Waals surface area contributed by atoms with Crippen LogP contribution in [0.25, 0.3) is 10.9 Å². The topological polar surface area (TPSA) is 85.1 Å². The Morgan fingerprint density at radius 2 is 2.00 bits per heavy atom. The van der Waals surface area contributed by atoms with Gasteiger partial charge in [0.05, 0.1) is 16.8 Å². The highest BCUT2D eigenvalue weighted by Crippen LogP contribution is 2.18. The number of carbonyl (C=O) groups excluding carboxylic acids is 2. The number of carbonyl (C=O) groups is 2. The average Bonchev–Trinajstić information content (AvgIpc) is 2.43. The second-order valence-electron chi connectivity index (χ2n) is 5.14. The summed E-state index contributed by atoms with van der Waals surface area (Å²) >= 11 is 0. The van der Waals surface area contributed by atoms with Gasteiger partial charge in [-0.1, -0.05) is 11.6 Å². The molecule has 0 unspecified atom stereocenters. The lowest BCUT2D eigenvalue weighted by Gasteiger charge is -2.09. The highest BCUT2D eigenvalue weighted by Gasteiger charge is 2.11. The minimum Gasteiger partial charge on any atom is -0.370 e. The predicted molar refractivity (Wildman–Crippen MR) is 82.0 cm³/mol. The fraction of sp³-hybridized carbons (Fsp3) is 0.312. The van der Waals surface area contributed by atoms with Gasteiger partial charge in [-0.2, -0.15) is 0 Å². The van der Waals surface area contributed by atoms with Crippen molar-refractivity contribution in [2.45, 2.75) is 26.7 Å². The van der Waals surface area contributed by atoms with Crippen molar-refractivity contribution in [2.24, 2.45) is 5.73 Å². The molecule has 0 saturated carbocycles. The molecule has 5 nitrogen and oxygen atoms in total. The van der Waals surface area contributed by atoms with Crippen LogP contribution >= 0.6 is 0 Å². The smallest absolute Gasteiger partial charge is 0.253 e. The van der Waals surface area contributed by atoms with E-state index < -0.39 is 0 Å². The Morgan fingerprint density at radius 1 is 1.24 bits per heavy atom. The first-order valence-corrected chi connectivity index (χ1v) is 6.92. The lowest BCUT2D eigenvalue weighted by molar-refractivity contribution is -0.118. The zero-order valence-electron chi connectivity index (χ0n) is 12.3. The number of aryl methyl sites for hydroxylation is 2. The van der Waals surface area contributed by atoms with E-state index >= 15 is 0 Å². The standard InChI is InChI=1S/C16H19N3O2/c1-10-5-6-14-12(8-10)9-13(11(2)19-14)16(21)18-7-3-4-15(17)20/h5-6,8-9H,3-4,7H2,1-2H3,(H2,17,20)(H,18,21). The molecule has 0 spiro atoms. The van der Waals surface area contributed by atoms with Crippen LogP contribution in [-0.4, -0.2) is 23.3 Å². The normalized spacial score (nSPS) is 10.6. The molecule has 0 aliphatic rings. The number of rotatable bonds is 5. The van der Waals surface area contributed by atoms with E-state index in [0.717, 1.165) is 16.5 Å². The van der Waals surface area contributed by atoms with E-state index in [1.165, 1.54) is 0 Å². The van der Waals surface area contributed by atoms with E-state index in [9.17, 15) is 9.59 Å². The Bertz CT molecular complexity index is 695. The van der Waals surface area contributed by atoms with E-state index in [4.69, 9.17) is 5.73 Å². The first-order chi connectivity index (χ1) is 9.97. The van der Waals surface area contributed by atoms with Crippen molar-refractivity contribution in [3.63, 3.8) is 0 Å². The van der Waals surface area contributed by atoms with Gasteiger partial charge in [-0.15, -0.1) is 0 Å². The van der Waals surface area contributed by atoms with Gasteiger partial charge < -0.3 is 11.1 Å². The van der Waals surface area contributed by atoms with Gasteiger partial charge in [0.1, 0.15) is 0 Å². The van der Waals surface area contributed by atoms with E-state index in [1.807, 2.05) is 38.1 Å².